The van der Waals surface area contributed by atoms with Gasteiger partial charge in [0, 0.05) is 20.2 Å². The van der Waals surface area contributed by atoms with Gasteiger partial charge in [0.2, 0.25) is 0 Å². The van der Waals surface area contributed by atoms with E-state index in [1.54, 1.807) is 6.92 Å². The average molecular weight is 199 g/mol. The Labute approximate surface area is 80.5 Å². The lowest BCUT2D eigenvalue weighted by Crippen LogP contribution is -2.41. The summed E-state index contributed by atoms with van der Waals surface area (Å²) in [6.45, 7) is 1.98. The molecule has 1 N–H and O–H groups in total. The predicted molar refractivity (Wildman–Crippen MR) is 50.2 cm³/mol. The minimum Gasteiger partial charge on any atom is -0.396 e. The molecular weight excluding hydrogens is 186 g/mol. The first-order valence-corrected chi connectivity index (χ1v) is 4.33. The molecule has 0 amide bonds. The van der Waals surface area contributed by atoms with E-state index in [0.717, 1.165) is 4.57 Å². The smallest absolute Gasteiger partial charge is 0.353 e. The molecule has 0 saturated heterocycles. The molecule has 0 aliphatic rings. The van der Waals surface area contributed by atoms with Crippen molar-refractivity contribution in [1.29, 1.82) is 0 Å². The second-order valence-electron chi connectivity index (χ2n) is 3.01. The van der Waals surface area contributed by atoms with E-state index in [0.29, 0.717) is 18.8 Å². The van der Waals surface area contributed by atoms with Crippen molar-refractivity contribution in [1.82, 2.24) is 14.1 Å². The van der Waals surface area contributed by atoms with E-state index in [-0.39, 0.29) is 6.61 Å². The topological polar surface area (TPSA) is 77.1 Å². The number of nitrogens with zero attached hydrogens (tertiary/aromatic N) is 3. The van der Waals surface area contributed by atoms with Crippen molar-refractivity contribution in [3.05, 3.63) is 26.8 Å². The van der Waals surface area contributed by atoms with Crippen LogP contribution in [-0.4, -0.2) is 25.8 Å². The molecular formula is C8H13N3O3. The van der Waals surface area contributed by atoms with Crippen molar-refractivity contribution < 1.29 is 5.11 Å². The van der Waals surface area contributed by atoms with Gasteiger partial charge in [-0.1, -0.05) is 0 Å². The van der Waals surface area contributed by atoms with Gasteiger partial charge in [-0.15, -0.1) is 0 Å². The number of aliphatic hydroxyl groups is 1. The van der Waals surface area contributed by atoms with Crippen LogP contribution in [0.15, 0.2) is 9.59 Å². The summed E-state index contributed by atoms with van der Waals surface area (Å²) in [5.74, 6) is 0.381. The number of aromatic nitrogens is 3. The Morgan fingerprint density at radius 1 is 1.43 bits per heavy atom. The third kappa shape index (κ3) is 1.90. The molecule has 78 valence electrons. The van der Waals surface area contributed by atoms with Gasteiger partial charge in [-0.05, 0) is 13.3 Å². The van der Waals surface area contributed by atoms with Gasteiger partial charge in [0.1, 0.15) is 5.82 Å². The molecule has 0 radical (unpaired) electrons. The van der Waals surface area contributed by atoms with Crippen molar-refractivity contribution in [3.8, 4) is 0 Å². The molecule has 0 bridgehead atoms. The highest BCUT2D eigenvalue weighted by Gasteiger charge is 2.05. The molecule has 0 fully saturated rings. The summed E-state index contributed by atoms with van der Waals surface area (Å²) in [7, 11) is 1.38. The zero-order valence-electron chi connectivity index (χ0n) is 8.23. The van der Waals surface area contributed by atoms with Crippen molar-refractivity contribution >= 4 is 0 Å². The van der Waals surface area contributed by atoms with Gasteiger partial charge >= 0.3 is 11.4 Å². The van der Waals surface area contributed by atoms with Crippen LogP contribution in [0.5, 0.6) is 0 Å². The van der Waals surface area contributed by atoms with Crippen LogP contribution >= 0.6 is 0 Å². The van der Waals surface area contributed by atoms with E-state index < -0.39 is 11.4 Å². The SMILES string of the molecule is Cc1nc(=O)n(C)c(=O)n1CCCO. The fourth-order valence-corrected chi connectivity index (χ4v) is 1.16. The van der Waals surface area contributed by atoms with Gasteiger partial charge in [0.05, 0.1) is 0 Å². The Morgan fingerprint density at radius 3 is 2.64 bits per heavy atom. The standard InChI is InChI=1S/C8H13N3O3/c1-6-9-7(13)10(2)8(14)11(6)4-3-5-12/h12H,3-5H2,1-2H3. The number of rotatable bonds is 3. The van der Waals surface area contributed by atoms with Gasteiger partial charge in [-0.2, -0.15) is 4.98 Å². The first-order chi connectivity index (χ1) is 6.57. The monoisotopic (exact) mass is 199 g/mol. The summed E-state index contributed by atoms with van der Waals surface area (Å²) >= 11 is 0. The van der Waals surface area contributed by atoms with E-state index in [9.17, 15) is 9.59 Å². The normalized spacial score (nSPS) is 10.5. The van der Waals surface area contributed by atoms with Gasteiger partial charge in [-0.3, -0.25) is 4.57 Å². The maximum atomic E-state index is 11.5. The zero-order valence-corrected chi connectivity index (χ0v) is 8.23. The van der Waals surface area contributed by atoms with Crippen LogP contribution in [0.4, 0.5) is 0 Å². The predicted octanol–water partition coefficient (Wildman–Crippen LogP) is -1.37. The lowest BCUT2D eigenvalue weighted by molar-refractivity contribution is 0.277. The van der Waals surface area contributed by atoms with Gasteiger partial charge < -0.3 is 5.11 Å². The fraction of sp³-hybridized carbons (Fsp3) is 0.625. The van der Waals surface area contributed by atoms with Gasteiger partial charge in [-0.25, -0.2) is 14.2 Å². The number of hydrogen-bond acceptors (Lipinski definition) is 4. The average Bonchev–Trinajstić information content (AvgIpc) is 2.14. The highest BCUT2D eigenvalue weighted by Crippen LogP contribution is 1.88. The summed E-state index contributed by atoms with van der Waals surface area (Å²) < 4.78 is 2.32. The van der Waals surface area contributed by atoms with Crippen molar-refractivity contribution in [2.45, 2.75) is 19.9 Å². The highest BCUT2D eigenvalue weighted by molar-refractivity contribution is 4.84. The van der Waals surface area contributed by atoms with Crippen molar-refractivity contribution in [2.24, 2.45) is 7.05 Å². The van der Waals surface area contributed by atoms with Crippen LogP contribution in [0.1, 0.15) is 12.2 Å². The number of aryl methyl sites for hydroxylation is 1. The largest absolute Gasteiger partial charge is 0.396 e. The summed E-state index contributed by atoms with van der Waals surface area (Å²) in [5, 5.41) is 8.63. The summed E-state index contributed by atoms with van der Waals surface area (Å²) in [6, 6.07) is 0. The summed E-state index contributed by atoms with van der Waals surface area (Å²) in [6.07, 6.45) is 0.473. The molecule has 0 aliphatic carbocycles. The highest BCUT2D eigenvalue weighted by atomic mass is 16.3. The molecule has 14 heavy (non-hydrogen) atoms. The third-order valence-electron chi connectivity index (χ3n) is 1.99. The van der Waals surface area contributed by atoms with Crippen molar-refractivity contribution in [3.63, 3.8) is 0 Å². The van der Waals surface area contributed by atoms with E-state index in [4.69, 9.17) is 5.11 Å². The lowest BCUT2D eigenvalue weighted by atomic mass is 10.4. The van der Waals surface area contributed by atoms with Crippen LogP contribution in [-0.2, 0) is 13.6 Å². The van der Waals surface area contributed by atoms with E-state index in [1.807, 2.05) is 0 Å². The summed E-state index contributed by atoms with van der Waals surface area (Å²) in [5.41, 5.74) is -0.941. The molecule has 0 spiro atoms. The molecule has 6 nitrogen and oxygen atoms in total. The Balaban J connectivity index is 3.23. The van der Waals surface area contributed by atoms with Crippen LogP contribution in [0.2, 0.25) is 0 Å². The maximum Gasteiger partial charge on any atom is 0.353 e. The minimum atomic E-state index is -0.548. The van der Waals surface area contributed by atoms with Crippen LogP contribution in [0.3, 0.4) is 0 Å². The molecule has 1 aromatic rings. The fourth-order valence-electron chi connectivity index (χ4n) is 1.16. The molecule has 1 aromatic heterocycles. The molecule has 1 rings (SSSR count). The Morgan fingerprint density at radius 2 is 2.07 bits per heavy atom. The molecule has 6 heteroatoms. The molecule has 1 heterocycles. The minimum absolute atomic E-state index is 0.00865. The Kier molecular flexibility index (Phi) is 3.19. The van der Waals surface area contributed by atoms with Crippen LogP contribution in [0, 0.1) is 6.92 Å². The quantitative estimate of drug-likeness (QED) is 0.651. The first-order valence-electron chi connectivity index (χ1n) is 4.33. The molecule has 0 aromatic carbocycles. The van der Waals surface area contributed by atoms with Gasteiger partial charge in [0.15, 0.2) is 0 Å². The van der Waals surface area contributed by atoms with E-state index in [2.05, 4.69) is 4.98 Å². The first kappa shape index (κ1) is 10.6. The van der Waals surface area contributed by atoms with E-state index in [1.165, 1.54) is 11.6 Å². The van der Waals surface area contributed by atoms with Crippen molar-refractivity contribution in [2.75, 3.05) is 6.61 Å². The third-order valence-corrected chi connectivity index (χ3v) is 1.99. The second kappa shape index (κ2) is 4.19. The molecule has 0 aliphatic heterocycles. The molecule has 0 atom stereocenters. The maximum absolute atomic E-state index is 11.5. The molecule has 0 saturated carbocycles. The number of aliphatic hydroxyl groups excluding tert-OH is 1. The zero-order chi connectivity index (χ0) is 10.7. The Bertz CT molecular complexity index is 432. The van der Waals surface area contributed by atoms with E-state index >= 15 is 0 Å². The Hall–Kier alpha value is -1.43. The second-order valence-corrected chi connectivity index (χ2v) is 3.01. The summed E-state index contributed by atoms with van der Waals surface area (Å²) in [4.78, 5) is 26.3. The van der Waals surface area contributed by atoms with Gasteiger partial charge in [0.25, 0.3) is 0 Å². The number of hydrogen-bond donors (Lipinski definition) is 1. The molecule has 0 unspecified atom stereocenters. The van der Waals surface area contributed by atoms with Crippen LogP contribution < -0.4 is 11.4 Å². The lowest BCUT2D eigenvalue weighted by Gasteiger charge is -2.08. The van der Waals surface area contributed by atoms with Crippen LogP contribution in [0.25, 0.3) is 0 Å².